The van der Waals surface area contributed by atoms with E-state index in [1.807, 2.05) is 0 Å². The van der Waals surface area contributed by atoms with Crippen molar-refractivity contribution in [1.29, 1.82) is 5.26 Å². The molecule has 0 aliphatic heterocycles. The maximum absolute atomic E-state index is 7.72. The third-order valence-electron chi connectivity index (χ3n) is 0.183. The van der Waals surface area contributed by atoms with Crippen molar-refractivity contribution in [2.24, 2.45) is 0 Å². The van der Waals surface area contributed by atoms with E-state index in [2.05, 4.69) is 0 Å². The summed E-state index contributed by atoms with van der Waals surface area (Å²) < 4.78 is 0. The Labute approximate surface area is 30.7 Å². The van der Waals surface area contributed by atoms with E-state index < -0.39 is 0 Å². The van der Waals surface area contributed by atoms with Crippen LogP contribution in [0.1, 0.15) is 6.42 Å². The number of rotatable bonds is 1. The summed E-state index contributed by atoms with van der Waals surface area (Å²) in [5.41, 5.74) is 0. The predicted molar refractivity (Wildman–Crippen MR) is 16.5 cm³/mol. The van der Waals surface area contributed by atoms with Crippen molar-refractivity contribution in [3.05, 3.63) is 6.61 Å². The summed E-state index contributed by atoms with van der Waals surface area (Å²) in [4.78, 5) is 0. The Balaban J connectivity index is 2.48. The van der Waals surface area contributed by atoms with Crippen LogP contribution in [0.15, 0.2) is 0 Å². The number of hydrogen-bond donors (Lipinski definition) is 1. The minimum absolute atomic E-state index is 0.125. The van der Waals surface area contributed by atoms with Crippen LogP contribution in [0.25, 0.3) is 0 Å². The highest BCUT2D eigenvalue weighted by Crippen LogP contribution is 1.70. The predicted octanol–water partition coefficient (Wildman–Crippen LogP) is 0.434. The van der Waals surface area contributed by atoms with Crippen molar-refractivity contribution >= 4 is 0 Å². The molecule has 0 amide bonds. The third-order valence-corrected chi connectivity index (χ3v) is 0.183. The molecule has 2 heteroatoms. The number of aliphatic hydroxyl groups is 1. The lowest BCUT2D eigenvalue weighted by molar-refractivity contribution is 0.389. The maximum Gasteiger partial charge on any atom is 0.0938 e. The van der Waals surface area contributed by atoms with E-state index in [1.54, 1.807) is 6.07 Å². The van der Waals surface area contributed by atoms with Crippen molar-refractivity contribution in [2.45, 2.75) is 6.42 Å². The lowest BCUT2D eigenvalue weighted by Crippen LogP contribution is -1.62. The summed E-state index contributed by atoms with van der Waals surface area (Å²) in [5.74, 6) is 0. The average Bonchev–Trinajstić information content (AvgIpc) is 1.41. The van der Waals surface area contributed by atoms with Crippen molar-refractivity contribution < 1.29 is 5.11 Å². The van der Waals surface area contributed by atoms with Crippen molar-refractivity contribution in [3.63, 3.8) is 0 Å². The molecule has 27 valence electrons. The molecule has 0 saturated carbocycles. The minimum atomic E-state index is 0.125. The van der Waals surface area contributed by atoms with Crippen LogP contribution in [0.4, 0.5) is 0 Å². The number of nitriles is 1. The highest BCUT2D eigenvalue weighted by molar-refractivity contribution is 4.72. The largest absolute Gasteiger partial charge is 0.389 e. The smallest absolute Gasteiger partial charge is 0.0938 e. The van der Waals surface area contributed by atoms with Crippen LogP contribution in [0.5, 0.6) is 0 Å². The summed E-state index contributed by atoms with van der Waals surface area (Å²) in [6.45, 7) is 0.819. The van der Waals surface area contributed by atoms with Gasteiger partial charge in [-0.2, -0.15) is 5.26 Å². The van der Waals surface area contributed by atoms with Gasteiger partial charge in [0.2, 0.25) is 0 Å². The summed E-state index contributed by atoms with van der Waals surface area (Å²) in [5, 5.41) is 15.3. The van der Waals surface area contributed by atoms with Gasteiger partial charge in [0.1, 0.15) is 0 Å². The maximum atomic E-state index is 7.72. The van der Waals surface area contributed by atoms with Crippen LogP contribution in [0, 0.1) is 17.9 Å². The van der Waals surface area contributed by atoms with Crippen LogP contribution in [-0.2, 0) is 0 Å². The second-order valence-corrected chi connectivity index (χ2v) is 0.545. The Bertz CT molecular complexity index is 45.3. The molecule has 0 rings (SSSR count). The molecule has 1 N–H and O–H groups in total. The van der Waals surface area contributed by atoms with Crippen molar-refractivity contribution in [3.8, 4) is 6.07 Å². The first-order valence-electron chi connectivity index (χ1n) is 1.24. The second kappa shape index (κ2) is 3.45. The molecule has 0 aliphatic carbocycles. The van der Waals surface area contributed by atoms with Gasteiger partial charge in [-0.3, -0.25) is 0 Å². The van der Waals surface area contributed by atoms with Gasteiger partial charge >= 0.3 is 0 Å². The molecule has 0 unspecified atom stereocenters. The van der Waals surface area contributed by atoms with E-state index in [9.17, 15) is 0 Å². The molecule has 0 heterocycles. The molecule has 0 atom stereocenters. The van der Waals surface area contributed by atoms with E-state index in [4.69, 9.17) is 10.4 Å². The van der Waals surface area contributed by atoms with Crippen molar-refractivity contribution in [1.82, 2.24) is 0 Å². The number of hydrogen-bond acceptors (Lipinski definition) is 2. The van der Waals surface area contributed by atoms with Gasteiger partial charge in [-0.1, -0.05) is 0 Å². The van der Waals surface area contributed by atoms with Gasteiger partial charge in [0.15, 0.2) is 0 Å². The fourth-order valence-electron chi connectivity index (χ4n) is 0.0408. The first-order chi connectivity index (χ1) is 2.41. The van der Waals surface area contributed by atoms with Gasteiger partial charge in [0.25, 0.3) is 0 Å². The van der Waals surface area contributed by atoms with Crippen LogP contribution in [-0.4, -0.2) is 5.11 Å². The van der Waals surface area contributed by atoms with Gasteiger partial charge in [0.05, 0.1) is 19.1 Å². The van der Waals surface area contributed by atoms with Gasteiger partial charge < -0.3 is 5.11 Å². The molecule has 0 aromatic carbocycles. The second-order valence-electron chi connectivity index (χ2n) is 0.545. The van der Waals surface area contributed by atoms with Crippen molar-refractivity contribution in [2.75, 3.05) is 0 Å². The fraction of sp³-hybridized carbons (Fsp3) is 0.333. The first-order valence-corrected chi connectivity index (χ1v) is 1.24. The molecular weight excluding hydrogens is 66.0 g/mol. The van der Waals surface area contributed by atoms with E-state index in [-0.39, 0.29) is 6.42 Å². The standard InChI is InChI=1S/C3H4NO/c4-2-1-3-5/h3,5H,1H2. The SMILES string of the molecule is N#CC[CH]O. The molecule has 2 nitrogen and oxygen atoms in total. The molecule has 0 saturated heterocycles. The number of nitrogens with zero attached hydrogens (tertiary/aromatic N) is 1. The number of aliphatic hydroxyl groups excluding tert-OH is 1. The summed E-state index contributed by atoms with van der Waals surface area (Å²) in [7, 11) is 0. The summed E-state index contributed by atoms with van der Waals surface area (Å²) in [6, 6.07) is 1.71. The Kier molecular flexibility index (Phi) is 3.07. The molecular formula is C3H4NO. The van der Waals surface area contributed by atoms with E-state index in [0.717, 1.165) is 6.61 Å². The Morgan fingerprint density at radius 2 is 2.60 bits per heavy atom. The van der Waals surface area contributed by atoms with E-state index in [1.165, 1.54) is 0 Å². The zero-order chi connectivity index (χ0) is 4.12. The Morgan fingerprint density at radius 3 is 2.60 bits per heavy atom. The Hall–Kier alpha value is -0.550. The topological polar surface area (TPSA) is 44.0 Å². The quantitative estimate of drug-likeness (QED) is 0.486. The molecule has 0 bridgehead atoms. The third kappa shape index (κ3) is 3.45. The highest BCUT2D eigenvalue weighted by Gasteiger charge is 1.68. The molecule has 0 fully saturated rings. The summed E-state index contributed by atoms with van der Waals surface area (Å²) in [6.07, 6.45) is 0.125. The monoisotopic (exact) mass is 70.0 g/mol. The van der Waals surface area contributed by atoms with Crippen LogP contribution in [0.2, 0.25) is 0 Å². The molecule has 0 aromatic heterocycles. The molecule has 1 radical (unpaired) electrons. The molecule has 0 spiro atoms. The summed E-state index contributed by atoms with van der Waals surface area (Å²) >= 11 is 0. The van der Waals surface area contributed by atoms with Gasteiger partial charge in [-0.05, 0) is 0 Å². The van der Waals surface area contributed by atoms with Gasteiger partial charge in [0, 0.05) is 0 Å². The van der Waals surface area contributed by atoms with E-state index in [0.29, 0.717) is 0 Å². The van der Waals surface area contributed by atoms with Gasteiger partial charge in [-0.15, -0.1) is 0 Å². The van der Waals surface area contributed by atoms with Crippen LogP contribution in [0.3, 0.4) is 0 Å². The molecule has 0 aliphatic rings. The fourth-order valence-corrected chi connectivity index (χ4v) is 0.0408. The lowest BCUT2D eigenvalue weighted by atomic mass is 10.5. The average molecular weight is 70.1 g/mol. The zero-order valence-corrected chi connectivity index (χ0v) is 2.68. The Morgan fingerprint density at radius 1 is 2.00 bits per heavy atom. The first kappa shape index (κ1) is 4.45. The van der Waals surface area contributed by atoms with Crippen LogP contribution < -0.4 is 0 Å². The molecule has 0 aromatic rings. The normalized spacial score (nSPS) is 6.40. The zero-order valence-electron chi connectivity index (χ0n) is 2.68. The van der Waals surface area contributed by atoms with Gasteiger partial charge in [-0.25, -0.2) is 0 Å². The van der Waals surface area contributed by atoms with E-state index >= 15 is 0 Å². The lowest BCUT2D eigenvalue weighted by Gasteiger charge is -1.65. The minimum Gasteiger partial charge on any atom is -0.389 e. The van der Waals surface area contributed by atoms with Crippen LogP contribution >= 0.6 is 0 Å². The highest BCUT2D eigenvalue weighted by atomic mass is 16.2. The molecule has 5 heavy (non-hydrogen) atoms.